The quantitative estimate of drug-likeness (QED) is 0.290. The van der Waals surface area contributed by atoms with Gasteiger partial charge in [0.2, 0.25) is 0 Å². The number of nitrogens with one attached hydrogen (secondary N) is 2. The van der Waals surface area contributed by atoms with Gasteiger partial charge in [0, 0.05) is 56.6 Å². The molecule has 0 unspecified atom stereocenters. The SMILES string of the molecule is CN=C(NCCc1ncc(C)s1)NCc1cccc(Cn2ccnc2C)c1.I. The molecule has 0 aliphatic heterocycles. The Morgan fingerprint density at radius 3 is 2.68 bits per heavy atom. The molecule has 150 valence electrons. The molecule has 0 fully saturated rings. The van der Waals surface area contributed by atoms with Gasteiger partial charge in [-0.1, -0.05) is 24.3 Å². The zero-order valence-electron chi connectivity index (χ0n) is 16.5. The smallest absolute Gasteiger partial charge is 0.191 e. The molecule has 0 saturated heterocycles. The maximum atomic E-state index is 4.39. The number of hydrogen-bond donors (Lipinski definition) is 2. The van der Waals surface area contributed by atoms with Crippen LogP contribution in [0.5, 0.6) is 0 Å². The number of rotatable bonds is 7. The maximum Gasteiger partial charge on any atom is 0.191 e. The third-order valence-corrected chi connectivity index (χ3v) is 5.22. The maximum absolute atomic E-state index is 4.39. The second-order valence-corrected chi connectivity index (χ2v) is 7.71. The number of hydrogen-bond acceptors (Lipinski definition) is 4. The average molecular weight is 510 g/mol. The van der Waals surface area contributed by atoms with E-state index in [0.29, 0.717) is 0 Å². The number of guanidine groups is 1. The van der Waals surface area contributed by atoms with Crippen LogP contribution in [0.4, 0.5) is 0 Å². The molecule has 0 amide bonds. The molecule has 0 aliphatic rings. The van der Waals surface area contributed by atoms with E-state index in [1.165, 1.54) is 16.0 Å². The Morgan fingerprint density at radius 2 is 2.00 bits per heavy atom. The van der Waals surface area contributed by atoms with Gasteiger partial charge in [0.1, 0.15) is 5.82 Å². The molecule has 0 bridgehead atoms. The molecule has 3 rings (SSSR count). The molecule has 2 N–H and O–H groups in total. The topological polar surface area (TPSA) is 67.1 Å². The van der Waals surface area contributed by atoms with Crippen LogP contribution in [0.3, 0.4) is 0 Å². The summed E-state index contributed by atoms with van der Waals surface area (Å²) in [5, 5.41) is 7.88. The Morgan fingerprint density at radius 1 is 1.18 bits per heavy atom. The molecule has 2 aromatic heterocycles. The molecule has 0 saturated carbocycles. The Kier molecular flexibility index (Phi) is 8.91. The van der Waals surface area contributed by atoms with Gasteiger partial charge in [0.05, 0.1) is 5.01 Å². The van der Waals surface area contributed by atoms with Gasteiger partial charge in [-0.2, -0.15) is 0 Å². The van der Waals surface area contributed by atoms with Crippen molar-refractivity contribution in [2.75, 3.05) is 13.6 Å². The van der Waals surface area contributed by atoms with Crippen LogP contribution in [-0.4, -0.2) is 34.1 Å². The largest absolute Gasteiger partial charge is 0.356 e. The van der Waals surface area contributed by atoms with Crippen LogP contribution < -0.4 is 10.6 Å². The summed E-state index contributed by atoms with van der Waals surface area (Å²) in [6.45, 7) is 6.48. The minimum absolute atomic E-state index is 0. The van der Waals surface area contributed by atoms with Crippen LogP contribution in [0, 0.1) is 13.8 Å². The first-order chi connectivity index (χ1) is 13.1. The van der Waals surface area contributed by atoms with Crippen LogP contribution >= 0.6 is 35.3 Å². The van der Waals surface area contributed by atoms with Crippen molar-refractivity contribution in [2.24, 2.45) is 4.99 Å². The number of aliphatic imine (C=N–C) groups is 1. The molecule has 3 aromatic rings. The zero-order valence-corrected chi connectivity index (χ0v) is 19.6. The second-order valence-electron chi connectivity index (χ2n) is 6.39. The van der Waals surface area contributed by atoms with Gasteiger partial charge in [-0.05, 0) is 25.0 Å². The van der Waals surface area contributed by atoms with Crippen LogP contribution in [0.25, 0.3) is 0 Å². The van der Waals surface area contributed by atoms with E-state index in [1.54, 1.807) is 18.4 Å². The first-order valence-electron chi connectivity index (χ1n) is 9.05. The van der Waals surface area contributed by atoms with Crippen LogP contribution in [0.15, 0.2) is 47.8 Å². The lowest BCUT2D eigenvalue weighted by Gasteiger charge is -2.12. The Labute approximate surface area is 187 Å². The molecule has 6 nitrogen and oxygen atoms in total. The molecule has 28 heavy (non-hydrogen) atoms. The van der Waals surface area contributed by atoms with Gasteiger partial charge in [-0.25, -0.2) is 9.97 Å². The molecule has 0 radical (unpaired) electrons. The summed E-state index contributed by atoms with van der Waals surface area (Å²) in [5.41, 5.74) is 2.49. The van der Waals surface area contributed by atoms with Crippen LogP contribution in [-0.2, 0) is 19.5 Å². The monoisotopic (exact) mass is 510 g/mol. The molecular formula is C20H27IN6S. The van der Waals surface area contributed by atoms with Crippen molar-refractivity contribution >= 4 is 41.3 Å². The Bertz CT molecular complexity index is 902. The highest BCUT2D eigenvalue weighted by Gasteiger charge is 2.03. The first-order valence-corrected chi connectivity index (χ1v) is 9.87. The lowest BCUT2D eigenvalue weighted by molar-refractivity contribution is 0.757. The number of thiazole rings is 1. The molecule has 0 atom stereocenters. The predicted octanol–water partition coefficient (Wildman–Crippen LogP) is 3.53. The van der Waals surface area contributed by atoms with Crippen LogP contribution in [0.2, 0.25) is 0 Å². The summed E-state index contributed by atoms with van der Waals surface area (Å²) >= 11 is 1.74. The predicted molar refractivity (Wildman–Crippen MR) is 127 cm³/mol. The fourth-order valence-corrected chi connectivity index (χ4v) is 3.60. The van der Waals surface area contributed by atoms with Crippen molar-refractivity contribution in [1.29, 1.82) is 0 Å². The van der Waals surface area contributed by atoms with Crippen molar-refractivity contribution in [3.63, 3.8) is 0 Å². The minimum Gasteiger partial charge on any atom is -0.356 e. The first kappa shape index (κ1) is 22.4. The Balaban J connectivity index is 0.00000280. The summed E-state index contributed by atoms with van der Waals surface area (Å²) in [7, 11) is 1.79. The average Bonchev–Trinajstić information content (AvgIpc) is 3.26. The minimum atomic E-state index is 0. The summed E-state index contributed by atoms with van der Waals surface area (Å²) in [5.74, 6) is 1.83. The van der Waals surface area contributed by atoms with Crippen molar-refractivity contribution in [2.45, 2.75) is 33.4 Å². The second kappa shape index (κ2) is 11.2. The number of aromatic nitrogens is 3. The number of imidazole rings is 1. The molecular weight excluding hydrogens is 483 g/mol. The summed E-state index contributed by atoms with van der Waals surface area (Å²) in [6.07, 6.45) is 6.67. The lowest BCUT2D eigenvalue weighted by Crippen LogP contribution is -2.37. The summed E-state index contributed by atoms with van der Waals surface area (Å²) in [4.78, 5) is 14.2. The number of benzene rings is 1. The number of aryl methyl sites for hydroxylation is 2. The van der Waals surface area contributed by atoms with Crippen molar-refractivity contribution in [3.05, 3.63) is 69.7 Å². The van der Waals surface area contributed by atoms with Gasteiger partial charge < -0.3 is 15.2 Å². The highest BCUT2D eigenvalue weighted by molar-refractivity contribution is 14.0. The third-order valence-electron chi connectivity index (χ3n) is 4.25. The van der Waals surface area contributed by atoms with Crippen molar-refractivity contribution in [3.8, 4) is 0 Å². The normalized spacial score (nSPS) is 11.2. The van der Waals surface area contributed by atoms with E-state index in [2.05, 4.69) is 61.4 Å². The lowest BCUT2D eigenvalue weighted by atomic mass is 10.1. The summed E-state index contributed by atoms with van der Waals surface area (Å²) in [6, 6.07) is 8.59. The van der Waals surface area contributed by atoms with E-state index in [0.717, 1.165) is 42.8 Å². The number of halogens is 1. The van der Waals surface area contributed by atoms with E-state index in [4.69, 9.17) is 0 Å². The standard InChI is InChI=1S/C20H26N6S.HI/c1-15-12-24-19(27-15)7-8-23-20(21-3)25-13-17-5-4-6-18(11-17)14-26-10-9-22-16(26)2;/h4-6,9-12H,7-8,13-14H2,1-3H3,(H2,21,23,25);1H. The molecule has 2 heterocycles. The van der Waals surface area contributed by atoms with E-state index in [9.17, 15) is 0 Å². The van der Waals surface area contributed by atoms with E-state index in [-0.39, 0.29) is 24.0 Å². The summed E-state index contributed by atoms with van der Waals surface area (Å²) < 4.78 is 2.15. The van der Waals surface area contributed by atoms with Gasteiger partial charge in [0.25, 0.3) is 0 Å². The van der Waals surface area contributed by atoms with Crippen molar-refractivity contribution in [1.82, 2.24) is 25.2 Å². The van der Waals surface area contributed by atoms with E-state index in [1.807, 2.05) is 25.5 Å². The fraction of sp³-hybridized carbons (Fsp3) is 0.350. The highest BCUT2D eigenvalue weighted by atomic mass is 127. The van der Waals surface area contributed by atoms with Gasteiger partial charge in [-0.3, -0.25) is 4.99 Å². The molecule has 1 aromatic carbocycles. The molecule has 8 heteroatoms. The number of nitrogens with zero attached hydrogens (tertiary/aromatic N) is 4. The van der Waals surface area contributed by atoms with Gasteiger partial charge in [-0.15, -0.1) is 35.3 Å². The van der Waals surface area contributed by atoms with Crippen LogP contribution in [0.1, 0.15) is 26.8 Å². The third kappa shape index (κ3) is 6.59. The fourth-order valence-electron chi connectivity index (χ4n) is 2.82. The van der Waals surface area contributed by atoms with Crippen molar-refractivity contribution < 1.29 is 0 Å². The molecule has 0 spiro atoms. The zero-order chi connectivity index (χ0) is 19.1. The molecule has 0 aliphatic carbocycles. The van der Waals surface area contributed by atoms with Gasteiger partial charge >= 0.3 is 0 Å². The van der Waals surface area contributed by atoms with E-state index >= 15 is 0 Å². The van der Waals surface area contributed by atoms with Gasteiger partial charge in [0.15, 0.2) is 5.96 Å². The van der Waals surface area contributed by atoms with E-state index < -0.39 is 0 Å². The highest BCUT2D eigenvalue weighted by Crippen LogP contribution is 2.11. The Hall–Kier alpha value is -1.94.